The molecule has 6 aromatic rings. The highest BCUT2D eigenvalue weighted by atomic mass is 15.1. The summed E-state index contributed by atoms with van der Waals surface area (Å²) in [6.07, 6.45) is 7.36. The molecule has 6 rings (SSSR count). The second-order valence-corrected chi connectivity index (χ2v) is 10.3. The van der Waals surface area contributed by atoms with E-state index in [0.717, 1.165) is 66.8 Å². The zero-order valence-corrected chi connectivity index (χ0v) is 21.1. The number of aromatic nitrogens is 5. The highest BCUT2D eigenvalue weighted by Crippen LogP contribution is 2.35. The molecule has 0 saturated heterocycles. The molecule has 3 N–H and O–H groups in total. The Hall–Kier alpha value is -4.71. The zero-order chi connectivity index (χ0) is 25.6. The van der Waals surface area contributed by atoms with E-state index in [1.54, 1.807) is 0 Å². The topological polar surface area (TPSA) is 82.3 Å². The van der Waals surface area contributed by atoms with Crippen LogP contribution >= 0.6 is 0 Å². The van der Waals surface area contributed by atoms with Crippen LogP contribution in [0, 0.1) is 5.41 Å². The first-order chi connectivity index (χ1) is 17.9. The van der Waals surface area contributed by atoms with Crippen LogP contribution in [-0.2, 0) is 0 Å². The second kappa shape index (κ2) is 8.75. The van der Waals surface area contributed by atoms with Gasteiger partial charge < -0.3 is 10.3 Å². The first-order valence-electron chi connectivity index (χ1n) is 12.3. The number of pyridine rings is 2. The molecule has 0 amide bonds. The van der Waals surface area contributed by atoms with E-state index in [4.69, 9.17) is 0 Å². The minimum absolute atomic E-state index is 0.0442. The molecule has 0 radical (unpaired) electrons. The predicted molar refractivity (Wildman–Crippen MR) is 152 cm³/mol. The highest BCUT2D eigenvalue weighted by Gasteiger charge is 2.16. The van der Waals surface area contributed by atoms with E-state index < -0.39 is 0 Å². The molecule has 0 saturated carbocycles. The van der Waals surface area contributed by atoms with Crippen molar-refractivity contribution >= 4 is 27.5 Å². The molecule has 0 atom stereocenters. The number of benzene rings is 2. The zero-order valence-electron chi connectivity index (χ0n) is 21.1. The molecule has 4 aromatic heterocycles. The van der Waals surface area contributed by atoms with E-state index in [0.29, 0.717) is 0 Å². The van der Waals surface area contributed by atoms with E-state index in [1.165, 1.54) is 0 Å². The second-order valence-electron chi connectivity index (χ2n) is 10.3. The fourth-order valence-corrected chi connectivity index (χ4v) is 4.49. The van der Waals surface area contributed by atoms with Gasteiger partial charge in [-0.25, -0.2) is 0 Å². The van der Waals surface area contributed by atoms with Crippen molar-refractivity contribution in [3.8, 4) is 33.6 Å². The van der Waals surface area contributed by atoms with Crippen LogP contribution in [0.1, 0.15) is 20.8 Å². The Balaban J connectivity index is 1.40. The third kappa shape index (κ3) is 4.27. The molecule has 37 heavy (non-hydrogen) atoms. The first-order valence-corrected chi connectivity index (χ1v) is 12.3. The van der Waals surface area contributed by atoms with E-state index in [1.807, 2.05) is 36.9 Å². The van der Waals surface area contributed by atoms with Gasteiger partial charge in [0, 0.05) is 51.6 Å². The van der Waals surface area contributed by atoms with Gasteiger partial charge in [-0.05, 0) is 59.2 Å². The number of allylic oxidation sites excluding steroid dienone is 1. The van der Waals surface area contributed by atoms with Crippen LogP contribution in [-0.4, -0.2) is 25.1 Å². The van der Waals surface area contributed by atoms with Crippen LogP contribution in [0.25, 0.3) is 55.4 Å². The number of anilines is 1. The minimum atomic E-state index is -0.0442. The average molecular weight is 485 g/mol. The Morgan fingerprint density at radius 2 is 1.65 bits per heavy atom. The number of fused-ring (bicyclic) bond motifs is 2. The van der Waals surface area contributed by atoms with Gasteiger partial charge in [0.2, 0.25) is 0 Å². The number of hydrogen-bond donors (Lipinski definition) is 3. The summed E-state index contributed by atoms with van der Waals surface area (Å²) in [5.41, 5.74) is 10.1. The monoisotopic (exact) mass is 484 g/mol. The van der Waals surface area contributed by atoms with Crippen LogP contribution in [0.5, 0.6) is 0 Å². The molecular weight excluding hydrogens is 456 g/mol. The molecule has 6 heteroatoms. The Morgan fingerprint density at radius 3 is 2.46 bits per heavy atom. The van der Waals surface area contributed by atoms with Crippen molar-refractivity contribution in [3.05, 3.63) is 97.7 Å². The fraction of sp³-hybridized carbons (Fsp3) is 0.129. The third-order valence-corrected chi connectivity index (χ3v) is 6.75. The number of aromatic amines is 2. The fourth-order valence-electron chi connectivity index (χ4n) is 4.49. The van der Waals surface area contributed by atoms with Crippen molar-refractivity contribution in [2.75, 3.05) is 5.32 Å². The molecule has 2 aromatic carbocycles. The molecule has 0 aliphatic rings. The standard InChI is InChI=1S/C31H28N6/c1-19(31(2,3)4)34-23-14-22(17-33-18-23)21-8-9-28-26(15-21)30(37-36-28)29-16-25-24(6-5-7-27(25)35-29)20-10-12-32-13-11-20/h5-18,34-35H,1H2,2-4H3,(H,36,37). The summed E-state index contributed by atoms with van der Waals surface area (Å²) >= 11 is 0. The van der Waals surface area contributed by atoms with Crippen molar-refractivity contribution < 1.29 is 0 Å². The maximum Gasteiger partial charge on any atom is 0.116 e. The molecule has 0 fully saturated rings. The van der Waals surface area contributed by atoms with Crippen molar-refractivity contribution in [1.82, 2.24) is 25.1 Å². The van der Waals surface area contributed by atoms with Gasteiger partial charge in [-0.3, -0.25) is 15.1 Å². The average Bonchev–Trinajstić information content (AvgIpc) is 3.52. The molecule has 0 aliphatic carbocycles. The van der Waals surface area contributed by atoms with Gasteiger partial charge in [-0.2, -0.15) is 5.10 Å². The maximum atomic E-state index is 4.68. The van der Waals surface area contributed by atoms with Crippen LogP contribution in [0.3, 0.4) is 0 Å². The van der Waals surface area contributed by atoms with Gasteiger partial charge in [-0.15, -0.1) is 0 Å². The smallest absolute Gasteiger partial charge is 0.116 e. The van der Waals surface area contributed by atoms with Gasteiger partial charge in [0.1, 0.15) is 5.69 Å². The van der Waals surface area contributed by atoms with Crippen LogP contribution in [0.4, 0.5) is 5.69 Å². The van der Waals surface area contributed by atoms with Crippen molar-refractivity contribution in [2.24, 2.45) is 5.41 Å². The van der Waals surface area contributed by atoms with Crippen LogP contribution in [0.15, 0.2) is 97.7 Å². The summed E-state index contributed by atoms with van der Waals surface area (Å²) in [6, 6.07) is 21.0. The summed E-state index contributed by atoms with van der Waals surface area (Å²) in [4.78, 5) is 12.2. The number of rotatable bonds is 5. The number of nitrogens with zero attached hydrogens (tertiary/aromatic N) is 3. The van der Waals surface area contributed by atoms with E-state index in [-0.39, 0.29) is 5.41 Å². The maximum absolute atomic E-state index is 4.68. The van der Waals surface area contributed by atoms with Crippen molar-refractivity contribution in [3.63, 3.8) is 0 Å². The quantitative estimate of drug-likeness (QED) is 0.233. The molecule has 182 valence electrons. The third-order valence-electron chi connectivity index (χ3n) is 6.75. The van der Waals surface area contributed by atoms with Crippen LogP contribution < -0.4 is 5.32 Å². The Bertz CT molecular complexity index is 1750. The van der Waals surface area contributed by atoms with Gasteiger partial charge >= 0.3 is 0 Å². The summed E-state index contributed by atoms with van der Waals surface area (Å²) in [5, 5.41) is 13.5. The molecule has 6 nitrogen and oxygen atoms in total. The Labute approximate surface area is 215 Å². The van der Waals surface area contributed by atoms with Gasteiger partial charge in [-0.1, -0.05) is 45.5 Å². The molecule has 0 bridgehead atoms. The van der Waals surface area contributed by atoms with Crippen LogP contribution in [0.2, 0.25) is 0 Å². The van der Waals surface area contributed by atoms with Crippen molar-refractivity contribution in [1.29, 1.82) is 0 Å². The summed E-state index contributed by atoms with van der Waals surface area (Å²) in [7, 11) is 0. The Kier molecular flexibility index (Phi) is 5.37. The normalized spacial score (nSPS) is 11.8. The van der Waals surface area contributed by atoms with E-state index >= 15 is 0 Å². The molecule has 4 heterocycles. The van der Waals surface area contributed by atoms with Gasteiger partial charge in [0.15, 0.2) is 0 Å². The molecule has 0 unspecified atom stereocenters. The lowest BCUT2D eigenvalue weighted by atomic mass is 9.93. The number of hydrogen-bond acceptors (Lipinski definition) is 4. The van der Waals surface area contributed by atoms with E-state index in [2.05, 4.69) is 106 Å². The number of H-pyrrole nitrogens is 2. The predicted octanol–water partition coefficient (Wildman–Crippen LogP) is 7.81. The van der Waals surface area contributed by atoms with Crippen molar-refractivity contribution in [2.45, 2.75) is 20.8 Å². The summed E-state index contributed by atoms with van der Waals surface area (Å²) < 4.78 is 0. The molecule has 0 spiro atoms. The lowest BCUT2D eigenvalue weighted by molar-refractivity contribution is 0.509. The molecular formula is C31H28N6. The first kappa shape index (κ1) is 22.7. The summed E-state index contributed by atoms with van der Waals surface area (Å²) in [6.45, 7) is 10.6. The highest BCUT2D eigenvalue weighted by molar-refractivity contribution is 6.01. The van der Waals surface area contributed by atoms with E-state index in [9.17, 15) is 0 Å². The Morgan fingerprint density at radius 1 is 0.811 bits per heavy atom. The largest absolute Gasteiger partial charge is 0.358 e. The lowest BCUT2D eigenvalue weighted by Gasteiger charge is -2.23. The van der Waals surface area contributed by atoms with Gasteiger partial charge in [0.25, 0.3) is 0 Å². The molecule has 0 aliphatic heterocycles. The SMILES string of the molecule is C=C(Nc1cncc(-c2ccc3[nH]nc(-c4cc5c(-c6ccncc6)cccc5[nH]4)c3c2)c1)C(C)(C)C. The lowest BCUT2D eigenvalue weighted by Crippen LogP contribution is -2.15. The number of nitrogens with one attached hydrogen (secondary N) is 3. The summed E-state index contributed by atoms with van der Waals surface area (Å²) in [5.74, 6) is 0. The minimum Gasteiger partial charge on any atom is -0.358 e. The van der Waals surface area contributed by atoms with Gasteiger partial charge in [0.05, 0.1) is 23.1 Å².